The Bertz CT molecular complexity index is 614. The Morgan fingerprint density at radius 2 is 2.05 bits per heavy atom. The number of carboxylic acids is 1. The third-order valence-corrected chi connectivity index (χ3v) is 3.18. The second-order valence-corrected chi connectivity index (χ2v) is 4.78. The van der Waals surface area contributed by atoms with E-state index in [0.717, 1.165) is 29.9 Å². The maximum atomic E-state index is 11.1. The van der Waals surface area contributed by atoms with Crippen molar-refractivity contribution in [3.63, 3.8) is 0 Å². The Hall–Kier alpha value is -2.43. The van der Waals surface area contributed by atoms with Gasteiger partial charge in [-0.05, 0) is 24.5 Å². The van der Waals surface area contributed by atoms with Crippen LogP contribution in [-0.2, 0) is 12.8 Å². The molecule has 0 saturated heterocycles. The number of aromatic nitrogens is 2. The molecule has 1 heterocycles. The molecule has 2 N–H and O–H groups in total. The Kier molecular flexibility index (Phi) is 5.26. The number of hydrogen-bond acceptors (Lipinski definition) is 4. The van der Waals surface area contributed by atoms with E-state index in [0.29, 0.717) is 18.5 Å². The quantitative estimate of drug-likeness (QED) is 0.818. The lowest BCUT2D eigenvalue weighted by Crippen LogP contribution is -2.10. The van der Waals surface area contributed by atoms with Crippen molar-refractivity contribution in [2.45, 2.75) is 26.2 Å². The van der Waals surface area contributed by atoms with Crippen molar-refractivity contribution in [3.05, 3.63) is 53.5 Å². The summed E-state index contributed by atoms with van der Waals surface area (Å²) in [5.41, 5.74) is 2.19. The topological polar surface area (TPSA) is 75.1 Å². The molecule has 0 spiro atoms. The summed E-state index contributed by atoms with van der Waals surface area (Å²) in [6.07, 6.45) is 4.16. The molecule has 2 rings (SSSR count). The minimum Gasteiger partial charge on any atom is -0.478 e. The van der Waals surface area contributed by atoms with Crippen LogP contribution in [0.3, 0.4) is 0 Å². The lowest BCUT2D eigenvalue weighted by molar-refractivity contribution is 0.0695. The van der Waals surface area contributed by atoms with Gasteiger partial charge in [0.05, 0.1) is 5.56 Å². The van der Waals surface area contributed by atoms with Crippen LogP contribution in [-0.4, -0.2) is 27.6 Å². The van der Waals surface area contributed by atoms with Crippen LogP contribution in [0.1, 0.15) is 35.0 Å². The molecule has 0 aliphatic carbocycles. The molecule has 0 amide bonds. The summed E-state index contributed by atoms with van der Waals surface area (Å²) in [5, 5.41) is 12.4. The van der Waals surface area contributed by atoms with Crippen molar-refractivity contribution in [3.8, 4) is 0 Å². The maximum Gasteiger partial charge on any atom is 0.335 e. The monoisotopic (exact) mass is 285 g/mol. The van der Waals surface area contributed by atoms with Crippen LogP contribution in [0, 0.1) is 0 Å². The first-order valence-corrected chi connectivity index (χ1v) is 7.06. The van der Waals surface area contributed by atoms with E-state index in [2.05, 4.69) is 22.2 Å². The van der Waals surface area contributed by atoms with Crippen LogP contribution in [0.15, 0.2) is 36.7 Å². The fraction of sp³-hybridized carbons (Fsp3) is 0.312. The standard InChI is InChI=1S/C16H19N3O2/c1-2-5-13-10-15(19-11-18-13)17-9-8-12-6-3-4-7-14(12)16(20)21/h3-4,6-7,10-11H,2,5,8-9H2,1H3,(H,20,21)(H,17,18,19). The van der Waals surface area contributed by atoms with Crippen LogP contribution < -0.4 is 5.32 Å². The van der Waals surface area contributed by atoms with E-state index in [1.165, 1.54) is 0 Å². The summed E-state index contributed by atoms with van der Waals surface area (Å²) in [6, 6.07) is 9.00. The number of carboxylic acid groups (broad SMARTS) is 1. The van der Waals surface area contributed by atoms with Gasteiger partial charge in [-0.25, -0.2) is 14.8 Å². The molecule has 0 radical (unpaired) electrons. The molecule has 0 bridgehead atoms. The van der Waals surface area contributed by atoms with Gasteiger partial charge >= 0.3 is 5.97 Å². The van der Waals surface area contributed by atoms with Crippen molar-refractivity contribution < 1.29 is 9.90 Å². The highest BCUT2D eigenvalue weighted by molar-refractivity contribution is 5.89. The first-order chi connectivity index (χ1) is 10.2. The summed E-state index contributed by atoms with van der Waals surface area (Å²) in [5.74, 6) is -0.112. The number of rotatable bonds is 7. The fourth-order valence-electron chi connectivity index (χ4n) is 2.16. The first kappa shape index (κ1) is 15.0. The highest BCUT2D eigenvalue weighted by Gasteiger charge is 2.08. The van der Waals surface area contributed by atoms with Gasteiger partial charge in [0.2, 0.25) is 0 Å². The van der Waals surface area contributed by atoms with Gasteiger partial charge in [0.25, 0.3) is 0 Å². The number of benzene rings is 1. The number of anilines is 1. The van der Waals surface area contributed by atoms with E-state index in [9.17, 15) is 4.79 Å². The summed E-state index contributed by atoms with van der Waals surface area (Å²) < 4.78 is 0. The number of aromatic carboxylic acids is 1. The molecule has 0 aliphatic heterocycles. The Labute approximate surface area is 124 Å². The highest BCUT2D eigenvalue weighted by Crippen LogP contribution is 2.11. The van der Waals surface area contributed by atoms with Gasteiger partial charge in [0, 0.05) is 18.3 Å². The lowest BCUT2D eigenvalue weighted by Gasteiger charge is -2.08. The molecule has 110 valence electrons. The predicted octanol–water partition coefficient (Wildman–Crippen LogP) is 2.78. The minimum absolute atomic E-state index is 0.355. The molecule has 0 saturated carbocycles. The van der Waals surface area contributed by atoms with Crippen LogP contribution in [0.4, 0.5) is 5.82 Å². The number of hydrogen-bond donors (Lipinski definition) is 2. The van der Waals surface area contributed by atoms with Crippen LogP contribution in [0.2, 0.25) is 0 Å². The SMILES string of the molecule is CCCc1cc(NCCc2ccccc2C(=O)O)ncn1. The Morgan fingerprint density at radius 1 is 1.24 bits per heavy atom. The van der Waals surface area contributed by atoms with Crippen LogP contribution >= 0.6 is 0 Å². The molecular weight excluding hydrogens is 266 g/mol. The zero-order chi connectivity index (χ0) is 15.1. The summed E-state index contributed by atoms with van der Waals surface area (Å²) in [4.78, 5) is 19.5. The van der Waals surface area contributed by atoms with E-state index in [-0.39, 0.29) is 0 Å². The van der Waals surface area contributed by atoms with Crippen molar-refractivity contribution in [1.82, 2.24) is 9.97 Å². The zero-order valence-electron chi connectivity index (χ0n) is 12.0. The molecule has 0 unspecified atom stereocenters. The predicted molar refractivity (Wildman–Crippen MR) is 81.6 cm³/mol. The number of aryl methyl sites for hydroxylation is 1. The smallest absolute Gasteiger partial charge is 0.335 e. The van der Waals surface area contributed by atoms with Gasteiger partial charge in [0.15, 0.2) is 0 Å². The third-order valence-electron chi connectivity index (χ3n) is 3.18. The van der Waals surface area contributed by atoms with E-state index < -0.39 is 5.97 Å². The highest BCUT2D eigenvalue weighted by atomic mass is 16.4. The van der Waals surface area contributed by atoms with E-state index >= 15 is 0 Å². The summed E-state index contributed by atoms with van der Waals surface area (Å²) in [7, 11) is 0. The van der Waals surface area contributed by atoms with Crippen molar-refractivity contribution in [2.75, 3.05) is 11.9 Å². The van der Waals surface area contributed by atoms with Gasteiger partial charge < -0.3 is 10.4 Å². The van der Waals surface area contributed by atoms with Gasteiger partial charge in [-0.2, -0.15) is 0 Å². The third kappa shape index (κ3) is 4.27. The number of nitrogens with one attached hydrogen (secondary N) is 1. The van der Waals surface area contributed by atoms with Crippen molar-refractivity contribution in [2.24, 2.45) is 0 Å². The van der Waals surface area contributed by atoms with Gasteiger partial charge in [-0.3, -0.25) is 0 Å². The fourth-order valence-corrected chi connectivity index (χ4v) is 2.16. The molecular formula is C16H19N3O2. The van der Waals surface area contributed by atoms with Crippen LogP contribution in [0.5, 0.6) is 0 Å². The molecule has 5 nitrogen and oxygen atoms in total. The molecule has 1 aromatic heterocycles. The van der Waals surface area contributed by atoms with Crippen molar-refractivity contribution in [1.29, 1.82) is 0 Å². The normalized spacial score (nSPS) is 10.3. The largest absolute Gasteiger partial charge is 0.478 e. The average Bonchev–Trinajstić information content (AvgIpc) is 2.48. The minimum atomic E-state index is -0.891. The van der Waals surface area contributed by atoms with Gasteiger partial charge in [-0.1, -0.05) is 31.5 Å². The number of carbonyl (C=O) groups is 1. The van der Waals surface area contributed by atoms with Gasteiger partial charge in [0.1, 0.15) is 12.1 Å². The molecule has 1 aromatic carbocycles. The van der Waals surface area contributed by atoms with E-state index in [1.807, 2.05) is 18.2 Å². The molecule has 5 heteroatoms. The second kappa shape index (κ2) is 7.38. The van der Waals surface area contributed by atoms with Crippen molar-refractivity contribution >= 4 is 11.8 Å². The molecule has 0 fully saturated rings. The second-order valence-electron chi connectivity index (χ2n) is 4.78. The lowest BCUT2D eigenvalue weighted by atomic mass is 10.0. The van der Waals surface area contributed by atoms with E-state index in [1.54, 1.807) is 18.5 Å². The Morgan fingerprint density at radius 3 is 2.81 bits per heavy atom. The summed E-state index contributed by atoms with van der Waals surface area (Å²) in [6.45, 7) is 2.74. The molecule has 21 heavy (non-hydrogen) atoms. The van der Waals surface area contributed by atoms with Gasteiger partial charge in [-0.15, -0.1) is 0 Å². The van der Waals surface area contributed by atoms with E-state index in [4.69, 9.17) is 5.11 Å². The first-order valence-electron chi connectivity index (χ1n) is 7.06. The number of nitrogens with zero attached hydrogens (tertiary/aromatic N) is 2. The Balaban J connectivity index is 1.95. The molecule has 2 aromatic rings. The maximum absolute atomic E-state index is 11.1. The van der Waals surface area contributed by atoms with Crippen LogP contribution in [0.25, 0.3) is 0 Å². The zero-order valence-corrected chi connectivity index (χ0v) is 12.0. The summed E-state index contributed by atoms with van der Waals surface area (Å²) >= 11 is 0. The average molecular weight is 285 g/mol. The molecule has 0 atom stereocenters. The molecule has 0 aliphatic rings.